The maximum absolute atomic E-state index is 13.6. The SMILES string of the molecule is CSc1ccc([C@@H]2C(C(=O)Nc3ccc(Cl)cc3)=C(C)Nc3nc4ccccc4n32)cc1. The maximum atomic E-state index is 13.6. The number of hydrogen-bond acceptors (Lipinski definition) is 4. The first-order valence-electron chi connectivity index (χ1n) is 10.2. The van der Waals surface area contributed by atoms with Crippen molar-refractivity contribution in [1.29, 1.82) is 0 Å². The molecule has 160 valence electrons. The molecule has 0 saturated carbocycles. The van der Waals surface area contributed by atoms with Crippen molar-refractivity contribution in [2.45, 2.75) is 17.9 Å². The van der Waals surface area contributed by atoms with Crippen LogP contribution in [-0.4, -0.2) is 21.7 Å². The minimum atomic E-state index is -0.318. The number of carbonyl (C=O) groups excluding carboxylic acids is 1. The third-order valence-electron chi connectivity index (χ3n) is 5.61. The number of allylic oxidation sites excluding steroid dienone is 1. The molecule has 0 bridgehead atoms. The van der Waals surface area contributed by atoms with E-state index in [1.54, 1.807) is 36.0 Å². The van der Waals surface area contributed by atoms with Crippen LogP contribution in [0.2, 0.25) is 5.02 Å². The van der Waals surface area contributed by atoms with Crippen molar-refractivity contribution in [1.82, 2.24) is 9.55 Å². The van der Waals surface area contributed by atoms with Crippen molar-refractivity contribution >= 4 is 51.9 Å². The van der Waals surface area contributed by atoms with Gasteiger partial charge < -0.3 is 10.6 Å². The monoisotopic (exact) mass is 460 g/mol. The van der Waals surface area contributed by atoms with Gasteiger partial charge in [-0.1, -0.05) is 35.9 Å². The Balaban J connectivity index is 1.64. The van der Waals surface area contributed by atoms with Gasteiger partial charge in [0.15, 0.2) is 0 Å². The number of halogens is 1. The van der Waals surface area contributed by atoms with Crippen LogP contribution < -0.4 is 10.6 Å². The molecule has 1 aliphatic heterocycles. The Kier molecular flexibility index (Phi) is 5.41. The van der Waals surface area contributed by atoms with Crippen LogP contribution in [0.1, 0.15) is 18.5 Å². The van der Waals surface area contributed by atoms with E-state index in [9.17, 15) is 4.79 Å². The fourth-order valence-electron chi connectivity index (χ4n) is 4.09. The van der Waals surface area contributed by atoms with Crippen LogP contribution in [-0.2, 0) is 4.79 Å². The smallest absolute Gasteiger partial charge is 0.255 e. The van der Waals surface area contributed by atoms with Gasteiger partial charge in [0.1, 0.15) is 0 Å². The second kappa shape index (κ2) is 8.37. The van der Waals surface area contributed by atoms with Gasteiger partial charge in [0, 0.05) is 21.3 Å². The van der Waals surface area contributed by atoms with Crippen molar-refractivity contribution < 1.29 is 4.79 Å². The average Bonchev–Trinajstić information content (AvgIpc) is 3.17. The second-order valence-electron chi connectivity index (χ2n) is 7.59. The number of fused-ring (bicyclic) bond motifs is 3. The van der Waals surface area contributed by atoms with Crippen LogP contribution >= 0.6 is 23.4 Å². The molecule has 2 heterocycles. The van der Waals surface area contributed by atoms with E-state index < -0.39 is 0 Å². The number of thioether (sulfide) groups is 1. The molecule has 0 unspecified atom stereocenters. The number of amides is 1. The summed E-state index contributed by atoms with van der Waals surface area (Å²) in [7, 11) is 0. The van der Waals surface area contributed by atoms with E-state index in [1.165, 1.54) is 4.90 Å². The molecule has 0 radical (unpaired) electrons. The third-order valence-corrected chi connectivity index (χ3v) is 6.60. The van der Waals surface area contributed by atoms with Crippen molar-refractivity contribution in [2.75, 3.05) is 16.9 Å². The quantitative estimate of drug-likeness (QED) is 0.349. The van der Waals surface area contributed by atoms with Gasteiger partial charge in [0.2, 0.25) is 5.95 Å². The number of carbonyl (C=O) groups is 1. The molecule has 0 spiro atoms. The molecule has 5 rings (SSSR count). The molecule has 4 aromatic rings. The summed E-state index contributed by atoms with van der Waals surface area (Å²) in [5.41, 5.74) is 4.99. The van der Waals surface area contributed by atoms with Gasteiger partial charge in [0.25, 0.3) is 5.91 Å². The number of nitrogens with zero attached hydrogens (tertiary/aromatic N) is 2. The summed E-state index contributed by atoms with van der Waals surface area (Å²) >= 11 is 7.69. The highest BCUT2D eigenvalue weighted by Gasteiger charge is 2.34. The zero-order chi connectivity index (χ0) is 22.2. The average molecular weight is 461 g/mol. The Morgan fingerprint density at radius 1 is 1.06 bits per heavy atom. The molecule has 7 heteroatoms. The summed E-state index contributed by atoms with van der Waals surface area (Å²) in [6.45, 7) is 1.92. The maximum Gasteiger partial charge on any atom is 0.255 e. The second-order valence-corrected chi connectivity index (χ2v) is 8.91. The Morgan fingerprint density at radius 3 is 2.50 bits per heavy atom. The Labute approximate surface area is 195 Å². The normalized spacial score (nSPS) is 15.4. The first kappa shape index (κ1) is 20.7. The van der Waals surface area contributed by atoms with E-state index in [0.29, 0.717) is 16.3 Å². The largest absolute Gasteiger partial charge is 0.329 e. The van der Waals surface area contributed by atoms with Crippen molar-refractivity contribution in [3.05, 3.63) is 94.7 Å². The summed E-state index contributed by atoms with van der Waals surface area (Å²) in [5, 5.41) is 7.00. The number of aromatic nitrogens is 2. The van der Waals surface area contributed by atoms with Gasteiger partial charge in [-0.25, -0.2) is 4.98 Å². The third kappa shape index (κ3) is 3.66. The summed E-state index contributed by atoms with van der Waals surface area (Å²) < 4.78 is 2.10. The van der Waals surface area contributed by atoms with Crippen molar-refractivity contribution in [2.24, 2.45) is 0 Å². The fourth-order valence-corrected chi connectivity index (χ4v) is 4.63. The zero-order valence-electron chi connectivity index (χ0n) is 17.6. The lowest BCUT2D eigenvalue weighted by molar-refractivity contribution is -0.113. The van der Waals surface area contributed by atoms with Gasteiger partial charge in [-0.05, 0) is 67.3 Å². The molecule has 2 N–H and O–H groups in total. The number of nitrogens with one attached hydrogen (secondary N) is 2. The summed E-state index contributed by atoms with van der Waals surface area (Å²) in [6.07, 6.45) is 2.05. The van der Waals surface area contributed by atoms with Crippen LogP contribution in [0.4, 0.5) is 11.6 Å². The summed E-state index contributed by atoms with van der Waals surface area (Å²) in [6, 6.07) is 23.1. The Bertz CT molecular complexity index is 1340. The summed E-state index contributed by atoms with van der Waals surface area (Å²) in [5.74, 6) is 0.561. The van der Waals surface area contributed by atoms with Crippen LogP contribution in [0, 0.1) is 0 Å². The van der Waals surface area contributed by atoms with Gasteiger partial charge >= 0.3 is 0 Å². The molecule has 5 nitrogen and oxygen atoms in total. The number of para-hydroxylation sites is 2. The lowest BCUT2D eigenvalue weighted by Crippen LogP contribution is -2.30. The molecule has 1 amide bonds. The van der Waals surface area contributed by atoms with Crippen LogP contribution in [0.3, 0.4) is 0 Å². The van der Waals surface area contributed by atoms with Gasteiger partial charge in [-0.2, -0.15) is 0 Å². The van der Waals surface area contributed by atoms with E-state index in [2.05, 4.69) is 45.7 Å². The Morgan fingerprint density at radius 2 is 1.78 bits per heavy atom. The van der Waals surface area contributed by atoms with Gasteiger partial charge in [-0.15, -0.1) is 11.8 Å². The standard InChI is InChI=1S/C25H21ClN4OS/c1-15-22(24(31)28-18-11-9-17(26)10-12-18)23(16-7-13-19(32-2)14-8-16)30-21-6-4-3-5-20(21)29-25(30)27-15/h3-14,23H,1-2H3,(H,27,29)(H,28,31)/t23-/m1/s1. The van der Waals surface area contributed by atoms with Gasteiger partial charge in [-0.3, -0.25) is 9.36 Å². The summed E-state index contributed by atoms with van der Waals surface area (Å²) in [4.78, 5) is 19.5. The van der Waals surface area contributed by atoms with Gasteiger partial charge in [0.05, 0.1) is 22.6 Å². The number of rotatable bonds is 4. The van der Waals surface area contributed by atoms with Crippen LogP contribution in [0.5, 0.6) is 0 Å². The lowest BCUT2D eigenvalue weighted by Gasteiger charge is -2.30. The highest BCUT2D eigenvalue weighted by molar-refractivity contribution is 7.98. The van der Waals surface area contributed by atoms with E-state index in [4.69, 9.17) is 16.6 Å². The van der Waals surface area contributed by atoms with E-state index >= 15 is 0 Å². The molecule has 0 fully saturated rings. The molecule has 3 aromatic carbocycles. The van der Waals surface area contributed by atoms with E-state index in [0.717, 1.165) is 28.2 Å². The van der Waals surface area contributed by atoms with E-state index in [-0.39, 0.29) is 11.9 Å². The first-order chi connectivity index (χ1) is 15.5. The number of imidazole rings is 1. The highest BCUT2D eigenvalue weighted by atomic mass is 35.5. The molecular formula is C25H21ClN4OS. The molecule has 1 aliphatic rings. The molecule has 0 aliphatic carbocycles. The lowest BCUT2D eigenvalue weighted by atomic mass is 9.94. The predicted octanol–water partition coefficient (Wildman–Crippen LogP) is 6.34. The van der Waals surface area contributed by atoms with E-state index in [1.807, 2.05) is 31.2 Å². The molecule has 1 atom stereocenters. The van der Waals surface area contributed by atoms with Crippen LogP contribution in [0.25, 0.3) is 11.0 Å². The van der Waals surface area contributed by atoms with Crippen molar-refractivity contribution in [3.63, 3.8) is 0 Å². The zero-order valence-corrected chi connectivity index (χ0v) is 19.2. The molecule has 32 heavy (non-hydrogen) atoms. The highest BCUT2D eigenvalue weighted by Crippen LogP contribution is 2.39. The van der Waals surface area contributed by atoms with Crippen molar-refractivity contribution in [3.8, 4) is 0 Å². The minimum absolute atomic E-state index is 0.167. The molecule has 1 aromatic heterocycles. The topological polar surface area (TPSA) is 59.0 Å². The first-order valence-corrected chi connectivity index (χ1v) is 11.8. The van der Waals surface area contributed by atoms with Crippen LogP contribution in [0.15, 0.2) is 89.0 Å². The minimum Gasteiger partial charge on any atom is -0.329 e. The fraction of sp³-hybridized carbons (Fsp3) is 0.120. The number of benzene rings is 3. The number of hydrogen-bond donors (Lipinski definition) is 2. The molecule has 0 saturated heterocycles. The Hall–Kier alpha value is -3.22. The predicted molar refractivity (Wildman–Crippen MR) is 132 cm³/mol. The number of anilines is 2. The molecular weight excluding hydrogens is 440 g/mol.